The number of furan rings is 1. The average Bonchev–Trinajstić information content (AvgIpc) is 3.23. The van der Waals surface area contributed by atoms with Gasteiger partial charge in [0.05, 0.1) is 10.0 Å². The van der Waals surface area contributed by atoms with E-state index in [2.05, 4.69) is 5.32 Å². The zero-order valence-corrected chi connectivity index (χ0v) is 18.5. The molecule has 2 unspecified atom stereocenters. The fraction of sp³-hybridized carbons (Fsp3) is 0.130. The molecule has 176 valence electrons. The minimum absolute atomic E-state index is 0.00127. The molecule has 1 aromatic heterocycles. The van der Waals surface area contributed by atoms with Crippen LogP contribution in [0.15, 0.2) is 70.8 Å². The Labute approximate surface area is 201 Å². The molecule has 2 atom stereocenters. The molecular formula is C23H15Cl2F3N2O4. The van der Waals surface area contributed by atoms with Crippen LogP contribution in [0.25, 0.3) is 17.4 Å². The van der Waals surface area contributed by atoms with Crippen LogP contribution < -0.4 is 10.6 Å². The van der Waals surface area contributed by atoms with Gasteiger partial charge in [-0.05, 0) is 24.3 Å². The number of Topliss-reactive ketones (excluding diaryl/α,β-unsaturated/α-hetero) is 1. The summed E-state index contributed by atoms with van der Waals surface area (Å²) < 4.78 is 47.4. The van der Waals surface area contributed by atoms with E-state index in [1.54, 1.807) is 24.3 Å². The highest BCUT2D eigenvalue weighted by molar-refractivity contribution is 6.43. The van der Waals surface area contributed by atoms with E-state index in [1.807, 2.05) is 0 Å². The third-order valence-electron chi connectivity index (χ3n) is 5.19. The fourth-order valence-corrected chi connectivity index (χ4v) is 3.97. The SMILES string of the molecule is O=C1NC(=Cc2ccc(-c3cccc(Cl)c3Cl)o2)C(C(=O)c2ccccc2)C(O)(C(F)(F)F)N1. The van der Waals surface area contributed by atoms with E-state index < -0.39 is 35.3 Å². The molecule has 4 rings (SSSR count). The number of aliphatic hydroxyl groups is 1. The van der Waals surface area contributed by atoms with Crippen LogP contribution in [-0.4, -0.2) is 28.8 Å². The minimum Gasteiger partial charge on any atom is -0.457 e. The van der Waals surface area contributed by atoms with Crippen LogP contribution in [-0.2, 0) is 0 Å². The molecule has 1 aliphatic rings. The number of rotatable bonds is 4. The summed E-state index contributed by atoms with van der Waals surface area (Å²) in [7, 11) is 0. The Bertz CT molecular complexity index is 1290. The van der Waals surface area contributed by atoms with Crippen molar-refractivity contribution in [1.82, 2.24) is 10.6 Å². The second-order valence-electron chi connectivity index (χ2n) is 7.41. The smallest absolute Gasteiger partial charge is 0.437 e. The van der Waals surface area contributed by atoms with Gasteiger partial charge >= 0.3 is 12.2 Å². The molecule has 0 spiro atoms. The highest BCUT2D eigenvalue weighted by Gasteiger charge is 2.65. The molecule has 1 saturated heterocycles. The highest BCUT2D eigenvalue weighted by atomic mass is 35.5. The first-order valence-corrected chi connectivity index (χ1v) is 10.5. The summed E-state index contributed by atoms with van der Waals surface area (Å²) >= 11 is 12.2. The molecule has 34 heavy (non-hydrogen) atoms. The summed E-state index contributed by atoms with van der Waals surface area (Å²) in [5.74, 6) is -3.06. The Morgan fingerprint density at radius 1 is 1.06 bits per heavy atom. The topological polar surface area (TPSA) is 91.6 Å². The van der Waals surface area contributed by atoms with E-state index in [0.717, 1.165) is 6.08 Å². The van der Waals surface area contributed by atoms with E-state index in [-0.39, 0.29) is 27.1 Å². The summed E-state index contributed by atoms with van der Waals surface area (Å²) in [6.45, 7) is 0. The van der Waals surface area contributed by atoms with Crippen LogP contribution in [0.4, 0.5) is 18.0 Å². The third-order valence-corrected chi connectivity index (χ3v) is 6.00. The molecule has 3 aromatic rings. The summed E-state index contributed by atoms with van der Waals surface area (Å²) in [6.07, 6.45) is -4.33. The molecule has 2 heterocycles. The monoisotopic (exact) mass is 510 g/mol. The van der Waals surface area contributed by atoms with E-state index in [9.17, 15) is 27.9 Å². The van der Waals surface area contributed by atoms with E-state index in [1.165, 1.54) is 41.7 Å². The predicted octanol–water partition coefficient (Wildman–Crippen LogP) is 5.66. The van der Waals surface area contributed by atoms with Crippen LogP contribution in [0.2, 0.25) is 10.0 Å². The molecule has 0 aliphatic carbocycles. The van der Waals surface area contributed by atoms with Crippen molar-refractivity contribution in [1.29, 1.82) is 0 Å². The van der Waals surface area contributed by atoms with Gasteiger partial charge in [-0.3, -0.25) is 4.79 Å². The molecule has 1 fully saturated rings. The van der Waals surface area contributed by atoms with Crippen molar-refractivity contribution in [2.24, 2.45) is 5.92 Å². The quantitative estimate of drug-likeness (QED) is 0.395. The highest BCUT2D eigenvalue weighted by Crippen LogP contribution is 2.41. The van der Waals surface area contributed by atoms with Gasteiger partial charge in [0.15, 0.2) is 5.78 Å². The van der Waals surface area contributed by atoms with Crippen LogP contribution in [0, 0.1) is 5.92 Å². The van der Waals surface area contributed by atoms with Gasteiger partial charge in [0.25, 0.3) is 5.72 Å². The summed E-state index contributed by atoms with van der Waals surface area (Å²) in [6, 6.07) is 13.5. The minimum atomic E-state index is -5.37. The van der Waals surface area contributed by atoms with Gasteiger partial charge in [-0.25, -0.2) is 4.79 Å². The van der Waals surface area contributed by atoms with Crippen molar-refractivity contribution < 1.29 is 32.3 Å². The van der Waals surface area contributed by atoms with E-state index in [0.29, 0.717) is 5.56 Å². The Kier molecular flexibility index (Phi) is 6.20. The first-order chi connectivity index (χ1) is 16.0. The van der Waals surface area contributed by atoms with Gasteiger partial charge in [0.1, 0.15) is 17.4 Å². The zero-order valence-electron chi connectivity index (χ0n) is 17.0. The van der Waals surface area contributed by atoms with Gasteiger partial charge in [-0.2, -0.15) is 13.2 Å². The van der Waals surface area contributed by atoms with Crippen molar-refractivity contribution in [3.63, 3.8) is 0 Å². The Morgan fingerprint density at radius 2 is 1.76 bits per heavy atom. The van der Waals surface area contributed by atoms with Crippen molar-refractivity contribution >= 4 is 41.1 Å². The molecule has 0 saturated carbocycles. The average molecular weight is 511 g/mol. The predicted molar refractivity (Wildman–Crippen MR) is 119 cm³/mol. The van der Waals surface area contributed by atoms with Crippen molar-refractivity contribution in [2.45, 2.75) is 11.9 Å². The summed E-state index contributed by atoms with van der Waals surface area (Å²) in [4.78, 5) is 25.2. The fourth-order valence-electron chi connectivity index (χ4n) is 3.58. The van der Waals surface area contributed by atoms with Gasteiger partial charge in [0.2, 0.25) is 0 Å². The first kappa shape index (κ1) is 23.9. The second kappa shape index (κ2) is 8.83. The molecule has 1 aliphatic heterocycles. The number of hydrogen-bond donors (Lipinski definition) is 3. The van der Waals surface area contributed by atoms with E-state index >= 15 is 0 Å². The lowest BCUT2D eigenvalue weighted by Crippen LogP contribution is -2.71. The number of ketones is 1. The molecule has 0 radical (unpaired) electrons. The molecule has 2 amide bonds. The largest absolute Gasteiger partial charge is 0.457 e. The third kappa shape index (κ3) is 4.29. The molecule has 11 heteroatoms. The number of halogens is 5. The van der Waals surface area contributed by atoms with Crippen LogP contribution in [0.3, 0.4) is 0 Å². The van der Waals surface area contributed by atoms with Crippen molar-refractivity contribution in [3.8, 4) is 11.3 Å². The Hall–Kier alpha value is -3.27. The summed E-state index contributed by atoms with van der Waals surface area (Å²) in [5.41, 5.74) is -4.03. The molecule has 0 bridgehead atoms. The van der Waals surface area contributed by atoms with E-state index in [4.69, 9.17) is 27.6 Å². The number of alkyl halides is 3. The van der Waals surface area contributed by atoms with Gasteiger partial charge < -0.3 is 20.2 Å². The summed E-state index contributed by atoms with van der Waals surface area (Å²) in [5, 5.41) is 14.7. The normalized spacial score (nSPS) is 21.8. The first-order valence-electron chi connectivity index (χ1n) is 9.74. The lowest BCUT2D eigenvalue weighted by Gasteiger charge is -2.41. The zero-order chi connectivity index (χ0) is 24.7. The number of urea groups is 1. The van der Waals surface area contributed by atoms with Crippen LogP contribution >= 0.6 is 23.2 Å². The van der Waals surface area contributed by atoms with Crippen LogP contribution in [0.5, 0.6) is 0 Å². The van der Waals surface area contributed by atoms with Gasteiger partial charge in [-0.1, -0.05) is 59.6 Å². The Balaban J connectivity index is 1.81. The maximum Gasteiger partial charge on any atom is 0.437 e. The Morgan fingerprint density at radius 3 is 2.44 bits per heavy atom. The lowest BCUT2D eigenvalue weighted by molar-refractivity contribution is -0.279. The molecule has 2 aromatic carbocycles. The van der Waals surface area contributed by atoms with Gasteiger partial charge in [-0.15, -0.1) is 0 Å². The number of benzene rings is 2. The maximum absolute atomic E-state index is 13.9. The number of nitrogens with one attached hydrogen (secondary N) is 2. The maximum atomic E-state index is 13.9. The van der Waals surface area contributed by atoms with Gasteiger partial charge in [0, 0.05) is 22.9 Å². The van der Waals surface area contributed by atoms with Crippen molar-refractivity contribution in [3.05, 3.63) is 87.7 Å². The number of hydrogen-bond acceptors (Lipinski definition) is 4. The number of carbonyl (C=O) groups excluding carboxylic acids is 2. The second-order valence-corrected chi connectivity index (χ2v) is 8.19. The molecule has 6 nitrogen and oxygen atoms in total. The standard InChI is InChI=1S/C23H15Cl2F3N2O4/c24-15-8-4-7-14(19(15)25)17-10-9-13(34-17)11-16-18(20(31)12-5-2-1-3-6-12)22(33,23(26,27)28)30-21(32)29-16/h1-11,18,33H,(H2,29,30,32). The number of carbonyl (C=O) groups is 2. The van der Waals surface area contributed by atoms with Crippen LogP contribution in [0.1, 0.15) is 16.1 Å². The molecule has 3 N–H and O–H groups in total. The molecular weight excluding hydrogens is 496 g/mol. The number of amides is 2. The lowest BCUT2D eigenvalue weighted by atomic mass is 9.82. The van der Waals surface area contributed by atoms with Crippen molar-refractivity contribution in [2.75, 3.05) is 0 Å².